The van der Waals surface area contributed by atoms with Gasteiger partial charge in [0.15, 0.2) is 5.58 Å². The lowest BCUT2D eigenvalue weighted by Crippen LogP contribution is -2.30. The minimum Gasteiger partial charge on any atom is -0.355 e. The molecule has 3 aliphatic rings. The van der Waals surface area contributed by atoms with E-state index in [1.165, 1.54) is 24.0 Å². The summed E-state index contributed by atoms with van der Waals surface area (Å²) in [6, 6.07) is 10.8. The lowest BCUT2D eigenvalue weighted by Gasteiger charge is -2.20. The minimum absolute atomic E-state index is 0.179. The molecule has 0 atom stereocenters. The highest BCUT2D eigenvalue weighted by atomic mass is 16.5. The van der Waals surface area contributed by atoms with Crippen LogP contribution in [0.15, 0.2) is 34.9 Å². The molecular formula is C24H24N2O2. The minimum atomic E-state index is -0.293. The maximum Gasteiger partial charge on any atom is 0.235 e. The van der Waals surface area contributed by atoms with Gasteiger partial charge in [-0.3, -0.25) is 4.79 Å². The summed E-state index contributed by atoms with van der Waals surface area (Å²) in [6.45, 7) is 2.11. The number of carbonyl (C=O) groups excluding carboxylic acids is 1. The number of nitrogens with one attached hydrogen (secondary N) is 1. The number of hydrogen-bond donors (Lipinski definition) is 1. The van der Waals surface area contributed by atoms with E-state index in [9.17, 15) is 4.79 Å². The maximum absolute atomic E-state index is 12.8. The van der Waals surface area contributed by atoms with Crippen molar-refractivity contribution in [1.29, 1.82) is 0 Å². The Bertz CT molecular complexity index is 1120. The van der Waals surface area contributed by atoms with E-state index in [1.807, 2.05) is 0 Å². The molecule has 4 nitrogen and oxygen atoms in total. The normalized spacial score (nSPS) is 20.1. The lowest BCUT2D eigenvalue weighted by molar-refractivity contribution is -0.120. The molecule has 3 aromatic rings. The van der Waals surface area contributed by atoms with Crippen LogP contribution >= 0.6 is 0 Å². The first-order chi connectivity index (χ1) is 13.7. The standard InChI is InChI=1S/C24H24N2O2/c1-14-4-8-17-19(12-15-5-6-15)26-28-22(17)21(14)16-7-9-18-20(13-16)25-23(27)24(18)10-2-3-11-24/h4,7-9,13,15H,2-3,5-6,10-12H2,1H3,(H,25,27). The van der Waals surface area contributed by atoms with Gasteiger partial charge in [-0.2, -0.15) is 0 Å². The quantitative estimate of drug-likeness (QED) is 0.658. The van der Waals surface area contributed by atoms with Crippen LogP contribution in [-0.2, 0) is 16.6 Å². The number of nitrogens with zero attached hydrogens (tertiary/aromatic N) is 1. The number of amides is 1. The predicted octanol–water partition coefficient (Wildman–Crippen LogP) is 5.52. The fourth-order valence-corrected chi connectivity index (χ4v) is 5.31. The molecule has 2 heterocycles. The summed E-state index contributed by atoms with van der Waals surface area (Å²) in [5, 5.41) is 8.69. The first-order valence-electron chi connectivity index (χ1n) is 10.5. The molecular weight excluding hydrogens is 348 g/mol. The van der Waals surface area contributed by atoms with Gasteiger partial charge < -0.3 is 9.84 Å². The third kappa shape index (κ3) is 2.24. The van der Waals surface area contributed by atoms with Crippen molar-refractivity contribution < 1.29 is 9.32 Å². The van der Waals surface area contributed by atoms with E-state index in [-0.39, 0.29) is 11.3 Å². The van der Waals surface area contributed by atoms with Crippen LogP contribution in [0.1, 0.15) is 55.3 Å². The van der Waals surface area contributed by atoms with Crippen LogP contribution in [0.25, 0.3) is 22.1 Å². The fourth-order valence-electron chi connectivity index (χ4n) is 5.31. The average molecular weight is 372 g/mol. The molecule has 1 aromatic heterocycles. The second-order valence-corrected chi connectivity index (χ2v) is 8.91. The second kappa shape index (κ2) is 5.69. The highest BCUT2D eigenvalue weighted by Crippen LogP contribution is 2.50. The second-order valence-electron chi connectivity index (χ2n) is 8.91. The lowest BCUT2D eigenvalue weighted by atomic mass is 9.79. The molecule has 2 fully saturated rings. The van der Waals surface area contributed by atoms with Gasteiger partial charge in [0, 0.05) is 16.6 Å². The number of hydrogen-bond acceptors (Lipinski definition) is 3. The highest BCUT2D eigenvalue weighted by molar-refractivity contribution is 6.07. The molecule has 1 aliphatic heterocycles. The summed E-state index contributed by atoms with van der Waals surface area (Å²) in [6.07, 6.45) is 7.82. The molecule has 4 heteroatoms. The molecule has 0 bridgehead atoms. The third-order valence-electron chi connectivity index (χ3n) is 7.07. The number of aromatic nitrogens is 1. The van der Waals surface area contributed by atoms with E-state index < -0.39 is 0 Å². The molecule has 0 saturated heterocycles. The fraction of sp³-hybridized carbons (Fsp3) is 0.417. The third-order valence-corrected chi connectivity index (χ3v) is 7.07. The van der Waals surface area contributed by atoms with Gasteiger partial charge in [-0.15, -0.1) is 0 Å². The summed E-state index contributed by atoms with van der Waals surface area (Å²) < 4.78 is 5.84. The Kier molecular flexibility index (Phi) is 3.32. The van der Waals surface area contributed by atoms with Crippen molar-refractivity contribution in [2.75, 3.05) is 5.32 Å². The van der Waals surface area contributed by atoms with Crippen LogP contribution in [0, 0.1) is 12.8 Å². The molecule has 2 aliphatic carbocycles. The zero-order valence-corrected chi connectivity index (χ0v) is 16.2. The first kappa shape index (κ1) is 16.3. The van der Waals surface area contributed by atoms with Gasteiger partial charge >= 0.3 is 0 Å². The van der Waals surface area contributed by atoms with Crippen molar-refractivity contribution in [2.45, 2.75) is 57.3 Å². The summed E-state index contributed by atoms with van der Waals surface area (Å²) in [5.74, 6) is 0.953. The average Bonchev–Trinajstić information content (AvgIpc) is 3.11. The van der Waals surface area contributed by atoms with Crippen LogP contribution in [0.5, 0.6) is 0 Å². The topological polar surface area (TPSA) is 55.1 Å². The zero-order chi connectivity index (χ0) is 18.9. The molecule has 6 rings (SSSR count). The van der Waals surface area contributed by atoms with Crippen LogP contribution < -0.4 is 5.32 Å². The van der Waals surface area contributed by atoms with E-state index in [0.29, 0.717) is 0 Å². The van der Waals surface area contributed by atoms with Gasteiger partial charge in [0.05, 0.1) is 11.1 Å². The SMILES string of the molecule is Cc1ccc2c(CC3CC3)noc2c1-c1ccc2c(c1)NC(=O)C21CCCC1. The van der Waals surface area contributed by atoms with Crippen molar-refractivity contribution in [3.63, 3.8) is 0 Å². The van der Waals surface area contributed by atoms with Gasteiger partial charge in [0.2, 0.25) is 5.91 Å². The van der Waals surface area contributed by atoms with Crippen molar-refractivity contribution in [3.8, 4) is 11.1 Å². The van der Waals surface area contributed by atoms with Gasteiger partial charge in [0.1, 0.15) is 0 Å². The Hall–Kier alpha value is -2.62. The molecule has 1 spiro atoms. The number of aryl methyl sites for hydroxylation is 1. The molecule has 28 heavy (non-hydrogen) atoms. The van der Waals surface area contributed by atoms with Crippen molar-refractivity contribution in [2.24, 2.45) is 5.92 Å². The summed E-state index contributed by atoms with van der Waals surface area (Å²) >= 11 is 0. The summed E-state index contributed by atoms with van der Waals surface area (Å²) in [7, 11) is 0. The van der Waals surface area contributed by atoms with Gasteiger partial charge in [-0.25, -0.2) is 0 Å². The molecule has 0 unspecified atom stereocenters. The number of carbonyl (C=O) groups is 1. The Morgan fingerprint density at radius 3 is 2.79 bits per heavy atom. The molecule has 1 amide bonds. The van der Waals surface area contributed by atoms with Crippen LogP contribution in [0.3, 0.4) is 0 Å². The van der Waals surface area contributed by atoms with E-state index in [2.05, 4.69) is 47.7 Å². The number of rotatable bonds is 3. The van der Waals surface area contributed by atoms with E-state index >= 15 is 0 Å². The molecule has 2 aromatic carbocycles. The van der Waals surface area contributed by atoms with E-state index in [1.54, 1.807) is 0 Å². The van der Waals surface area contributed by atoms with Gasteiger partial charge in [-0.1, -0.05) is 36.2 Å². The Morgan fingerprint density at radius 2 is 2.00 bits per heavy atom. The number of anilines is 1. The number of fused-ring (bicyclic) bond motifs is 3. The molecule has 0 radical (unpaired) electrons. The summed E-state index contributed by atoms with van der Waals surface area (Å²) in [4.78, 5) is 12.8. The smallest absolute Gasteiger partial charge is 0.235 e. The van der Waals surface area contributed by atoms with Crippen molar-refractivity contribution >= 4 is 22.6 Å². The molecule has 2 saturated carbocycles. The van der Waals surface area contributed by atoms with Crippen LogP contribution in [-0.4, -0.2) is 11.1 Å². The molecule has 1 N–H and O–H groups in total. The van der Waals surface area contributed by atoms with Crippen LogP contribution in [0.2, 0.25) is 0 Å². The molecule has 142 valence electrons. The maximum atomic E-state index is 12.8. The van der Waals surface area contributed by atoms with Crippen LogP contribution in [0.4, 0.5) is 5.69 Å². The zero-order valence-electron chi connectivity index (χ0n) is 16.2. The predicted molar refractivity (Wildman–Crippen MR) is 109 cm³/mol. The Balaban J connectivity index is 1.48. The number of benzene rings is 2. The van der Waals surface area contributed by atoms with Gasteiger partial charge in [0.25, 0.3) is 0 Å². The monoisotopic (exact) mass is 372 g/mol. The van der Waals surface area contributed by atoms with Gasteiger partial charge in [-0.05, 0) is 73.8 Å². The first-order valence-corrected chi connectivity index (χ1v) is 10.5. The Morgan fingerprint density at radius 1 is 1.18 bits per heavy atom. The van der Waals surface area contributed by atoms with E-state index in [4.69, 9.17) is 4.52 Å². The van der Waals surface area contributed by atoms with E-state index in [0.717, 1.165) is 71.5 Å². The Labute approximate surface area is 164 Å². The summed E-state index contributed by atoms with van der Waals surface area (Å²) in [5.41, 5.74) is 7.16. The largest absolute Gasteiger partial charge is 0.355 e. The van der Waals surface area contributed by atoms with Crippen molar-refractivity contribution in [3.05, 3.63) is 47.2 Å². The van der Waals surface area contributed by atoms with Crippen molar-refractivity contribution in [1.82, 2.24) is 5.16 Å². The highest BCUT2D eigenvalue weighted by Gasteiger charge is 2.48.